The number of benzene rings is 2. The van der Waals surface area contributed by atoms with Crippen molar-refractivity contribution >= 4 is 22.5 Å². The van der Waals surface area contributed by atoms with Crippen LogP contribution in [-0.2, 0) is 22.6 Å². The van der Waals surface area contributed by atoms with Crippen molar-refractivity contribution in [1.82, 2.24) is 9.88 Å². The number of carbonyl (C=O) groups excluding carboxylic acids is 1. The van der Waals surface area contributed by atoms with Gasteiger partial charge in [0.15, 0.2) is 0 Å². The Bertz CT molecular complexity index is 1500. The maximum Gasteiger partial charge on any atom is 0.245 e. The minimum atomic E-state index is -0.366. The van der Waals surface area contributed by atoms with Crippen LogP contribution in [0.4, 0.5) is 5.82 Å². The number of hydrogen-bond donors (Lipinski definition) is 1. The molecule has 1 aromatic heterocycles. The van der Waals surface area contributed by atoms with E-state index in [0.717, 1.165) is 52.7 Å². The van der Waals surface area contributed by atoms with Gasteiger partial charge in [-0.2, -0.15) is 5.26 Å². The lowest BCUT2D eigenvalue weighted by atomic mass is 9.79. The Morgan fingerprint density at radius 3 is 2.78 bits per heavy atom. The molecule has 0 unspecified atom stereocenters. The van der Waals surface area contributed by atoms with Gasteiger partial charge in [0.2, 0.25) is 5.91 Å². The fourth-order valence-electron chi connectivity index (χ4n) is 6.24. The number of likely N-dealkylation sites (tertiary alicyclic amines) is 1. The predicted octanol–water partition coefficient (Wildman–Crippen LogP) is 4.56. The molecule has 0 radical (unpaired) electrons. The summed E-state index contributed by atoms with van der Waals surface area (Å²) in [6, 6.07) is 13.9. The Balaban J connectivity index is 1.51. The van der Waals surface area contributed by atoms with Gasteiger partial charge in [0.25, 0.3) is 0 Å². The van der Waals surface area contributed by atoms with E-state index in [1.54, 1.807) is 12.1 Å². The molecule has 37 heavy (non-hydrogen) atoms. The highest BCUT2D eigenvalue weighted by Gasteiger charge is 2.49. The average Bonchev–Trinajstić information content (AvgIpc) is 3.31. The zero-order valence-corrected chi connectivity index (χ0v) is 21.3. The summed E-state index contributed by atoms with van der Waals surface area (Å²) in [6.45, 7) is 11.0. The quantitative estimate of drug-likeness (QED) is 0.537. The van der Waals surface area contributed by atoms with Crippen molar-refractivity contribution in [2.45, 2.75) is 38.9 Å². The maximum atomic E-state index is 12.1. The summed E-state index contributed by atoms with van der Waals surface area (Å²) in [7, 11) is 0. The van der Waals surface area contributed by atoms with Crippen LogP contribution in [0.15, 0.2) is 49.1 Å². The number of amides is 1. The Kier molecular flexibility index (Phi) is 5.29. The summed E-state index contributed by atoms with van der Waals surface area (Å²) in [5.41, 5.74) is 3.62. The molecule has 1 amide bonds. The number of aromatic hydroxyl groups is 1. The molecule has 2 saturated heterocycles. The number of carbonyl (C=O) groups is 1. The highest BCUT2D eigenvalue weighted by atomic mass is 16.5. The fourth-order valence-corrected chi connectivity index (χ4v) is 6.24. The van der Waals surface area contributed by atoms with E-state index in [9.17, 15) is 15.2 Å². The number of aromatic nitrogens is 1. The normalized spacial score (nSPS) is 19.4. The molecule has 3 aliphatic rings. The third-order valence-electron chi connectivity index (χ3n) is 8.07. The Hall–Kier alpha value is -3.89. The molecule has 1 N–H and O–H groups in total. The van der Waals surface area contributed by atoms with Crippen LogP contribution in [0.25, 0.3) is 21.9 Å². The molecule has 0 atom stereocenters. The first-order valence-electron chi connectivity index (χ1n) is 12.7. The van der Waals surface area contributed by atoms with Crippen LogP contribution in [-0.4, -0.2) is 52.7 Å². The molecule has 188 valence electrons. The summed E-state index contributed by atoms with van der Waals surface area (Å²) < 4.78 is 6.19. The van der Waals surface area contributed by atoms with Crippen LogP contribution in [0, 0.1) is 16.7 Å². The topological polar surface area (TPSA) is 89.7 Å². The zero-order chi connectivity index (χ0) is 25.9. The largest absolute Gasteiger partial charge is 0.508 e. The number of phenols is 1. The SMILES string of the molecule is C=CC(=O)N1CC2(CCN(c3nc4c(c(-c5cc(O)cc6ccccc56)c3C#N)COC(C)(C)C4)C2)C1. The summed E-state index contributed by atoms with van der Waals surface area (Å²) in [6.07, 6.45) is 2.94. The van der Waals surface area contributed by atoms with E-state index in [1.165, 1.54) is 6.08 Å². The molecular weight excluding hydrogens is 464 g/mol. The smallest absolute Gasteiger partial charge is 0.245 e. The summed E-state index contributed by atoms with van der Waals surface area (Å²) in [4.78, 5) is 21.2. The lowest BCUT2D eigenvalue weighted by Crippen LogP contribution is -2.59. The highest BCUT2D eigenvalue weighted by Crippen LogP contribution is 2.46. The number of nitriles is 1. The van der Waals surface area contributed by atoms with Crippen molar-refractivity contribution in [2.75, 3.05) is 31.1 Å². The Morgan fingerprint density at radius 2 is 2.03 bits per heavy atom. The van der Waals surface area contributed by atoms with Crippen LogP contribution in [0.3, 0.4) is 0 Å². The van der Waals surface area contributed by atoms with Gasteiger partial charge < -0.3 is 19.6 Å². The molecule has 2 aromatic carbocycles. The van der Waals surface area contributed by atoms with Gasteiger partial charge in [-0.1, -0.05) is 30.8 Å². The van der Waals surface area contributed by atoms with Gasteiger partial charge in [-0.3, -0.25) is 4.79 Å². The second-order valence-electron chi connectivity index (χ2n) is 11.2. The van der Waals surface area contributed by atoms with E-state index in [2.05, 4.69) is 31.4 Å². The monoisotopic (exact) mass is 494 g/mol. The first-order valence-corrected chi connectivity index (χ1v) is 12.7. The van der Waals surface area contributed by atoms with E-state index >= 15 is 0 Å². The van der Waals surface area contributed by atoms with E-state index in [0.29, 0.717) is 37.5 Å². The van der Waals surface area contributed by atoms with Gasteiger partial charge in [0.1, 0.15) is 23.2 Å². The van der Waals surface area contributed by atoms with Crippen molar-refractivity contribution in [3.05, 3.63) is 65.9 Å². The predicted molar refractivity (Wildman–Crippen MR) is 142 cm³/mol. The fraction of sp³-hybridized carbons (Fsp3) is 0.367. The van der Waals surface area contributed by atoms with Crippen LogP contribution in [0.5, 0.6) is 5.75 Å². The number of anilines is 1. The number of rotatable bonds is 3. The zero-order valence-electron chi connectivity index (χ0n) is 21.3. The lowest BCUT2D eigenvalue weighted by molar-refractivity contribution is -0.136. The minimum absolute atomic E-state index is 0.0171. The molecule has 1 spiro atoms. The van der Waals surface area contributed by atoms with E-state index in [4.69, 9.17) is 9.72 Å². The molecule has 0 aliphatic carbocycles. The third-order valence-corrected chi connectivity index (χ3v) is 8.07. The van der Waals surface area contributed by atoms with Crippen molar-refractivity contribution in [1.29, 1.82) is 5.26 Å². The molecule has 7 heteroatoms. The van der Waals surface area contributed by atoms with E-state index in [1.807, 2.05) is 29.2 Å². The van der Waals surface area contributed by atoms with Gasteiger partial charge in [-0.05, 0) is 54.8 Å². The third kappa shape index (κ3) is 3.84. The first kappa shape index (κ1) is 23.5. The maximum absolute atomic E-state index is 12.1. The molecule has 6 rings (SSSR count). The van der Waals surface area contributed by atoms with Gasteiger partial charge in [0, 0.05) is 49.1 Å². The standard InChI is InChI=1S/C30H30N4O3/c1-4-26(36)34-17-30(18-34)9-10-33(16-30)28-23(14-31)27(24-15-37-29(2,3)13-25(24)32-28)22-12-20(35)11-19-7-5-6-8-21(19)22/h4-8,11-12,35H,1,9-10,13,15-18H2,2-3H3. The second kappa shape index (κ2) is 8.32. The Labute approximate surface area is 216 Å². The number of pyridine rings is 1. The van der Waals surface area contributed by atoms with E-state index in [-0.39, 0.29) is 22.7 Å². The molecule has 3 aromatic rings. The molecule has 7 nitrogen and oxygen atoms in total. The lowest BCUT2D eigenvalue weighted by Gasteiger charge is -2.47. The molecule has 3 aliphatic heterocycles. The van der Waals surface area contributed by atoms with Gasteiger partial charge in [0.05, 0.1) is 17.9 Å². The van der Waals surface area contributed by atoms with Crippen LogP contribution in [0.2, 0.25) is 0 Å². The van der Waals surface area contributed by atoms with Crippen LogP contribution < -0.4 is 4.90 Å². The van der Waals surface area contributed by atoms with Gasteiger partial charge >= 0.3 is 0 Å². The Morgan fingerprint density at radius 1 is 1.24 bits per heavy atom. The number of nitrogens with zero attached hydrogens (tertiary/aromatic N) is 4. The van der Waals surface area contributed by atoms with Gasteiger partial charge in [-0.15, -0.1) is 0 Å². The number of fused-ring (bicyclic) bond motifs is 2. The minimum Gasteiger partial charge on any atom is -0.508 e. The highest BCUT2D eigenvalue weighted by molar-refractivity contribution is 6.00. The molecule has 0 saturated carbocycles. The molecular formula is C30H30N4O3. The van der Waals surface area contributed by atoms with Crippen molar-refractivity contribution in [2.24, 2.45) is 5.41 Å². The van der Waals surface area contributed by atoms with Crippen molar-refractivity contribution in [3.8, 4) is 22.9 Å². The first-order chi connectivity index (χ1) is 17.7. The van der Waals surface area contributed by atoms with E-state index < -0.39 is 0 Å². The van der Waals surface area contributed by atoms with Crippen LogP contribution >= 0.6 is 0 Å². The molecule has 4 heterocycles. The number of hydrogen-bond acceptors (Lipinski definition) is 6. The second-order valence-corrected chi connectivity index (χ2v) is 11.2. The van der Waals surface area contributed by atoms with Crippen molar-refractivity contribution in [3.63, 3.8) is 0 Å². The summed E-state index contributed by atoms with van der Waals surface area (Å²) in [5.74, 6) is 0.809. The molecule has 2 fully saturated rings. The molecule has 0 bridgehead atoms. The average molecular weight is 495 g/mol. The number of phenolic OH excluding ortho intramolecular Hbond substituents is 1. The van der Waals surface area contributed by atoms with Crippen molar-refractivity contribution < 1.29 is 14.6 Å². The van der Waals surface area contributed by atoms with Gasteiger partial charge in [-0.25, -0.2) is 4.98 Å². The van der Waals surface area contributed by atoms with Crippen LogP contribution in [0.1, 0.15) is 37.1 Å². The summed E-state index contributed by atoms with van der Waals surface area (Å²) in [5, 5.41) is 23.0. The number of ether oxygens (including phenoxy) is 1. The summed E-state index contributed by atoms with van der Waals surface area (Å²) >= 11 is 0.